The lowest BCUT2D eigenvalue weighted by Crippen LogP contribution is -2.32. The summed E-state index contributed by atoms with van der Waals surface area (Å²) in [6.07, 6.45) is 19.8. The molecule has 1 unspecified atom stereocenters. The van der Waals surface area contributed by atoms with Crippen LogP contribution in [0.5, 0.6) is 0 Å². The molecule has 78 heavy (non-hydrogen) atoms. The van der Waals surface area contributed by atoms with E-state index in [-0.39, 0.29) is 128 Å². The van der Waals surface area contributed by atoms with E-state index in [1.54, 1.807) is 20.8 Å². The van der Waals surface area contributed by atoms with Crippen molar-refractivity contribution in [3.63, 3.8) is 0 Å². The molecule has 0 fully saturated rings. The van der Waals surface area contributed by atoms with E-state index in [1.807, 2.05) is 57.2 Å². The highest BCUT2D eigenvalue weighted by Gasteiger charge is 2.28. The Morgan fingerprint density at radius 3 is 1.51 bits per heavy atom. The Bertz CT molecular complexity index is 1980. The van der Waals surface area contributed by atoms with Crippen LogP contribution in [0.4, 0.5) is 0 Å². The minimum Gasteiger partial charge on any atom is -0.460 e. The lowest BCUT2D eigenvalue weighted by Gasteiger charge is -2.23. The van der Waals surface area contributed by atoms with Crippen molar-refractivity contribution in [3.05, 3.63) is 59.2 Å². The third kappa shape index (κ3) is 37.3. The van der Waals surface area contributed by atoms with E-state index < -0.39 is 23.1 Å². The van der Waals surface area contributed by atoms with E-state index in [9.17, 15) is 39.0 Å². The highest BCUT2D eigenvalue weighted by atomic mass is 16.6. The molecule has 0 aromatic heterocycles. The number of hydrogen-bond acceptors (Lipinski definition) is 14. The van der Waals surface area contributed by atoms with Gasteiger partial charge in [-0.2, -0.15) is 0 Å². The van der Waals surface area contributed by atoms with Crippen LogP contribution in [0.3, 0.4) is 0 Å². The fraction of sp³-hybridized carbons (Fsp3) is 0.710. The number of ether oxygens (including phenoxy) is 6. The maximum absolute atomic E-state index is 13.0. The first kappa shape index (κ1) is 69.5. The molecule has 0 aliphatic heterocycles. The molecule has 0 aliphatic rings. The number of unbranched alkanes of at least 4 members (excludes halogenated alkanes) is 14. The maximum atomic E-state index is 13.0. The fourth-order valence-corrected chi connectivity index (χ4v) is 8.64. The number of benzene rings is 2. The average Bonchev–Trinajstić information content (AvgIpc) is 3.39. The summed E-state index contributed by atoms with van der Waals surface area (Å²) in [6, 6.07) is 13.7. The van der Waals surface area contributed by atoms with Crippen LogP contribution >= 0.6 is 0 Å². The predicted molar refractivity (Wildman–Crippen MR) is 303 cm³/mol. The van der Waals surface area contributed by atoms with Crippen LogP contribution < -0.4 is 10.6 Å². The number of amides is 2. The van der Waals surface area contributed by atoms with Gasteiger partial charge >= 0.3 is 11.9 Å². The van der Waals surface area contributed by atoms with Crippen LogP contribution in [-0.2, 0) is 76.8 Å². The smallest absolute Gasteiger partial charge is 0.309 e. The maximum Gasteiger partial charge on any atom is 0.309 e. The molecule has 442 valence electrons. The summed E-state index contributed by atoms with van der Waals surface area (Å²) in [5.41, 5.74) is 3.72. The molecule has 0 aliphatic carbocycles. The molecule has 2 rings (SSSR count). The number of aliphatic hydroxyl groups excluding tert-OH is 2. The zero-order chi connectivity index (χ0) is 57.3. The molecule has 0 spiro atoms. The summed E-state index contributed by atoms with van der Waals surface area (Å²) in [5, 5.41) is 24.7. The van der Waals surface area contributed by atoms with Crippen molar-refractivity contribution in [2.45, 2.75) is 214 Å². The van der Waals surface area contributed by atoms with Gasteiger partial charge in [-0.3, -0.25) is 28.8 Å². The number of aliphatic hydroxyl groups is 2. The van der Waals surface area contributed by atoms with Crippen LogP contribution in [0.1, 0.15) is 199 Å². The van der Waals surface area contributed by atoms with Gasteiger partial charge in [-0.1, -0.05) is 120 Å². The first-order chi connectivity index (χ1) is 37.4. The number of carbonyl (C=O) groups is 6. The summed E-state index contributed by atoms with van der Waals surface area (Å²) < 4.78 is 32.8. The van der Waals surface area contributed by atoms with Crippen molar-refractivity contribution in [2.24, 2.45) is 5.92 Å². The quantitative estimate of drug-likeness (QED) is 0.0358. The Morgan fingerprint density at radius 1 is 0.474 bits per heavy atom. The highest BCUT2D eigenvalue weighted by Crippen LogP contribution is 2.26. The van der Waals surface area contributed by atoms with Gasteiger partial charge in [-0.05, 0) is 108 Å². The SMILES string of the molecule is CC(C)(C)OC(=O)CCCCCCCCCCCCCCCCC(=O)CC(CCC(=O)NCCOCCOCC(=O)NCCOCCOCC(=O)CCCCc1cc(-c2ccc(CO)cc2)ccc1CO)C(=O)OC(C)(C)C. The fourth-order valence-electron chi connectivity index (χ4n) is 8.64. The first-order valence-corrected chi connectivity index (χ1v) is 29.1. The molecule has 0 radical (unpaired) electrons. The van der Waals surface area contributed by atoms with Crippen LogP contribution in [0, 0.1) is 5.92 Å². The second-order valence-corrected chi connectivity index (χ2v) is 22.3. The molecule has 0 heterocycles. The number of rotatable bonds is 47. The minimum atomic E-state index is -0.709. The number of Topliss-reactive ketones (excluding diaryl/α,β-unsaturated/α-hetero) is 2. The van der Waals surface area contributed by atoms with Crippen molar-refractivity contribution in [2.75, 3.05) is 65.9 Å². The number of nitrogens with one attached hydrogen (secondary N) is 2. The van der Waals surface area contributed by atoms with Crippen LogP contribution in [0.2, 0.25) is 0 Å². The number of carbonyl (C=O) groups excluding carboxylic acids is 6. The van der Waals surface area contributed by atoms with Gasteiger partial charge in [-0.25, -0.2) is 0 Å². The molecule has 0 saturated carbocycles. The van der Waals surface area contributed by atoms with E-state index in [4.69, 9.17) is 28.4 Å². The van der Waals surface area contributed by atoms with E-state index in [0.29, 0.717) is 25.7 Å². The molecule has 0 saturated heterocycles. The summed E-state index contributed by atoms with van der Waals surface area (Å²) in [4.78, 5) is 74.9. The average molecular weight is 1100 g/mol. The Labute approximate surface area is 467 Å². The van der Waals surface area contributed by atoms with Crippen LogP contribution in [0.25, 0.3) is 11.1 Å². The lowest BCUT2D eigenvalue weighted by atomic mass is 9.94. The Hall–Kier alpha value is -4.58. The van der Waals surface area contributed by atoms with E-state index in [1.165, 1.54) is 51.4 Å². The molecule has 16 heteroatoms. The van der Waals surface area contributed by atoms with Crippen molar-refractivity contribution in [1.29, 1.82) is 0 Å². The van der Waals surface area contributed by atoms with E-state index in [2.05, 4.69) is 16.7 Å². The van der Waals surface area contributed by atoms with Crippen molar-refractivity contribution in [1.82, 2.24) is 10.6 Å². The topological polar surface area (TPSA) is 222 Å². The summed E-state index contributed by atoms with van der Waals surface area (Å²) >= 11 is 0. The molecule has 1 atom stereocenters. The number of esters is 2. The molecule has 2 aromatic carbocycles. The molecule has 4 N–H and O–H groups in total. The van der Waals surface area contributed by atoms with Crippen LogP contribution in [0.15, 0.2) is 42.5 Å². The predicted octanol–water partition coefficient (Wildman–Crippen LogP) is 10.2. The third-order valence-corrected chi connectivity index (χ3v) is 12.8. The third-order valence-electron chi connectivity index (χ3n) is 12.8. The van der Waals surface area contributed by atoms with Gasteiger partial charge in [0.2, 0.25) is 11.8 Å². The van der Waals surface area contributed by atoms with E-state index >= 15 is 0 Å². The molecule has 16 nitrogen and oxygen atoms in total. The van der Waals surface area contributed by atoms with Crippen molar-refractivity contribution < 1.29 is 67.4 Å². The number of aryl methyl sites for hydroxylation is 1. The van der Waals surface area contributed by atoms with Gasteiger partial charge in [0.25, 0.3) is 0 Å². The van der Waals surface area contributed by atoms with Gasteiger partial charge in [0.1, 0.15) is 30.2 Å². The van der Waals surface area contributed by atoms with Gasteiger partial charge in [0, 0.05) is 45.2 Å². The number of ketones is 2. The number of hydrogen-bond donors (Lipinski definition) is 4. The molecule has 2 aromatic rings. The van der Waals surface area contributed by atoms with Gasteiger partial charge < -0.3 is 49.3 Å². The molecular formula is C62H100N2O14. The van der Waals surface area contributed by atoms with Crippen LogP contribution in [-0.4, -0.2) is 123 Å². The largest absolute Gasteiger partial charge is 0.460 e. The van der Waals surface area contributed by atoms with Gasteiger partial charge in [-0.15, -0.1) is 0 Å². The second-order valence-electron chi connectivity index (χ2n) is 22.3. The zero-order valence-corrected chi connectivity index (χ0v) is 48.7. The summed E-state index contributed by atoms with van der Waals surface area (Å²) in [6.45, 7) is 12.9. The summed E-state index contributed by atoms with van der Waals surface area (Å²) in [5.74, 6) is -1.77. The monoisotopic (exact) mass is 1100 g/mol. The first-order valence-electron chi connectivity index (χ1n) is 29.1. The minimum absolute atomic E-state index is 0.00544. The van der Waals surface area contributed by atoms with Crippen molar-refractivity contribution in [3.8, 4) is 11.1 Å². The van der Waals surface area contributed by atoms with E-state index in [0.717, 1.165) is 79.2 Å². The standard InChI is InChI=1S/C62H100N2O14/c1-61(2,3)77-59(71)26-20-18-16-14-12-10-8-7-9-11-13-15-17-19-24-55(67)44-53(60(72)78-62(4,5)6)33-34-57(69)63-35-37-73-40-42-76-48-58(70)64-36-38-74-39-41-75-47-56(68)25-22-21-23-51-43-52(31-32-54(51)46-66)50-29-27-49(45-65)28-30-50/h27-32,43,53,65-66H,7-26,33-42,44-48H2,1-6H3,(H,63,69)(H,64,70). The van der Waals surface area contributed by atoms with Gasteiger partial charge in [0.05, 0.1) is 58.8 Å². The molecule has 2 amide bonds. The Kier molecular flexibility index (Phi) is 37.7. The normalized spacial score (nSPS) is 12.1. The highest BCUT2D eigenvalue weighted by molar-refractivity contribution is 5.85. The lowest BCUT2D eigenvalue weighted by molar-refractivity contribution is -0.161. The van der Waals surface area contributed by atoms with Crippen molar-refractivity contribution >= 4 is 35.3 Å². The Balaban J connectivity index is 1.43. The zero-order valence-electron chi connectivity index (χ0n) is 48.7. The van der Waals surface area contributed by atoms with Gasteiger partial charge in [0.15, 0.2) is 5.78 Å². The summed E-state index contributed by atoms with van der Waals surface area (Å²) in [7, 11) is 0. The second kappa shape index (κ2) is 42.3. The Morgan fingerprint density at radius 2 is 0.962 bits per heavy atom. The molecule has 0 bridgehead atoms. The molecular weight excluding hydrogens is 997 g/mol.